The van der Waals surface area contributed by atoms with Crippen LogP contribution in [-0.4, -0.2) is 57.2 Å². The quantitative estimate of drug-likeness (QED) is 0.369. The first-order chi connectivity index (χ1) is 19.6. The summed E-state index contributed by atoms with van der Waals surface area (Å²) in [5.41, 5.74) is 6.02. The molecule has 216 valence electrons. The predicted molar refractivity (Wildman–Crippen MR) is 163 cm³/mol. The van der Waals surface area contributed by atoms with Crippen molar-refractivity contribution in [2.75, 3.05) is 19.7 Å². The van der Waals surface area contributed by atoms with Gasteiger partial charge in [-0.1, -0.05) is 48.6 Å². The lowest BCUT2D eigenvalue weighted by Crippen LogP contribution is -2.45. The average Bonchev–Trinajstić information content (AvgIpc) is 3.32. The van der Waals surface area contributed by atoms with Crippen molar-refractivity contribution >= 4 is 11.8 Å². The third-order valence-corrected chi connectivity index (χ3v) is 8.21. The normalized spacial score (nSPS) is 22.5. The molecule has 0 unspecified atom stereocenters. The summed E-state index contributed by atoms with van der Waals surface area (Å²) >= 11 is 0. The van der Waals surface area contributed by atoms with Crippen molar-refractivity contribution in [1.82, 2.24) is 14.7 Å². The van der Waals surface area contributed by atoms with Crippen LogP contribution in [0, 0.1) is 6.92 Å². The van der Waals surface area contributed by atoms with Crippen LogP contribution in [0.2, 0.25) is 0 Å². The zero-order chi connectivity index (χ0) is 29.1. The van der Waals surface area contributed by atoms with Crippen LogP contribution in [0.15, 0.2) is 72.3 Å². The van der Waals surface area contributed by atoms with E-state index in [2.05, 4.69) is 55.7 Å². The molecule has 7 nitrogen and oxygen atoms in total. The number of nitrogens with zero attached hydrogens (tertiary/aromatic N) is 3. The van der Waals surface area contributed by atoms with Gasteiger partial charge in [0.2, 0.25) is 0 Å². The van der Waals surface area contributed by atoms with Crippen LogP contribution in [0.1, 0.15) is 58.6 Å². The van der Waals surface area contributed by atoms with Crippen LogP contribution in [0.25, 0.3) is 28.2 Å². The standard InChI is InChI=1S/C34H41N3O4/c1-23(2)29(22-32(38)39)33-36-17-15-34(5,16-18-36)40-19-9-10-25(4)41-31-14-7-6-13-28(31)26-11-8-12-27(21-26)30-20-24(3)37(33)35-30/h6-8,11-14,20-21,25H,1,9-10,15-19,22H2,2-5H3,(H,38,39)/b33-29-/t25-/m1/s1. The second-order valence-corrected chi connectivity index (χ2v) is 11.7. The highest BCUT2D eigenvalue weighted by atomic mass is 16.5. The van der Waals surface area contributed by atoms with Gasteiger partial charge < -0.3 is 19.5 Å². The molecule has 0 aliphatic carbocycles. The van der Waals surface area contributed by atoms with Gasteiger partial charge >= 0.3 is 5.97 Å². The van der Waals surface area contributed by atoms with Crippen molar-refractivity contribution < 1.29 is 19.4 Å². The lowest BCUT2D eigenvalue weighted by molar-refractivity contribution is -0.136. The van der Waals surface area contributed by atoms with Crippen LogP contribution in [0.4, 0.5) is 0 Å². The smallest absolute Gasteiger partial charge is 0.307 e. The molecule has 1 aromatic heterocycles. The number of rotatable bonds is 3. The molecule has 41 heavy (non-hydrogen) atoms. The first-order valence-electron chi connectivity index (χ1n) is 14.6. The first-order valence-corrected chi connectivity index (χ1v) is 14.6. The lowest BCUT2D eigenvalue weighted by Gasteiger charge is -2.42. The maximum absolute atomic E-state index is 12.0. The third-order valence-electron chi connectivity index (χ3n) is 8.21. The fraction of sp³-hybridized carbons (Fsp3) is 0.412. The predicted octanol–water partition coefficient (Wildman–Crippen LogP) is 7.18. The topological polar surface area (TPSA) is 76.8 Å². The maximum atomic E-state index is 12.0. The van der Waals surface area contributed by atoms with Gasteiger partial charge in [0.05, 0.1) is 23.8 Å². The molecule has 6 rings (SSSR count). The Morgan fingerprint density at radius 2 is 1.85 bits per heavy atom. The summed E-state index contributed by atoms with van der Waals surface area (Å²) < 4.78 is 14.8. The molecule has 0 amide bonds. The van der Waals surface area contributed by atoms with E-state index in [0.717, 1.165) is 84.0 Å². The van der Waals surface area contributed by atoms with Gasteiger partial charge in [-0.25, -0.2) is 4.68 Å². The van der Waals surface area contributed by atoms with E-state index in [4.69, 9.17) is 14.6 Å². The van der Waals surface area contributed by atoms with Crippen molar-refractivity contribution in [3.63, 3.8) is 0 Å². The highest BCUT2D eigenvalue weighted by Gasteiger charge is 2.34. The van der Waals surface area contributed by atoms with Crippen molar-refractivity contribution in [2.24, 2.45) is 0 Å². The SMILES string of the molecule is C=C(C)/C(CC(=O)O)=C1/N2CCC(C)(CC2)OCCC[C@@H](C)Oc2ccccc2-c2cccc(c2)-c2cc(C)n1n2. The Balaban J connectivity index is 1.65. The van der Waals surface area contributed by atoms with E-state index in [1.165, 1.54) is 0 Å². The van der Waals surface area contributed by atoms with Crippen LogP contribution in [0.5, 0.6) is 5.75 Å². The van der Waals surface area contributed by atoms with Gasteiger partial charge in [0, 0.05) is 42.1 Å². The molecule has 1 fully saturated rings. The van der Waals surface area contributed by atoms with Gasteiger partial charge in [-0.2, -0.15) is 5.10 Å². The summed E-state index contributed by atoms with van der Waals surface area (Å²) in [6, 6.07) is 18.6. The van der Waals surface area contributed by atoms with Crippen molar-refractivity contribution in [3.8, 4) is 28.1 Å². The highest BCUT2D eigenvalue weighted by Crippen LogP contribution is 2.36. The minimum absolute atomic E-state index is 0.0560. The lowest BCUT2D eigenvalue weighted by atomic mass is 9.92. The Morgan fingerprint density at radius 3 is 2.59 bits per heavy atom. The second kappa shape index (κ2) is 12.0. The molecular weight excluding hydrogens is 514 g/mol. The Labute approximate surface area is 243 Å². The number of aliphatic carboxylic acids is 1. The average molecular weight is 556 g/mol. The number of aromatic nitrogens is 2. The summed E-state index contributed by atoms with van der Waals surface area (Å²) in [7, 11) is 0. The molecule has 2 aromatic carbocycles. The molecular formula is C34H41N3O4. The molecule has 3 aliphatic rings. The van der Waals surface area contributed by atoms with Crippen LogP contribution in [0.3, 0.4) is 0 Å². The number of piperidine rings is 1. The van der Waals surface area contributed by atoms with Gasteiger partial charge in [0.25, 0.3) is 0 Å². The number of carboxylic acids is 1. The maximum Gasteiger partial charge on any atom is 0.307 e. The van der Waals surface area contributed by atoms with Gasteiger partial charge in [-0.15, -0.1) is 0 Å². The Bertz CT molecular complexity index is 1460. The van der Waals surface area contributed by atoms with E-state index in [-0.39, 0.29) is 18.1 Å². The molecule has 1 atom stereocenters. The Morgan fingerprint density at radius 1 is 1.12 bits per heavy atom. The number of aryl methyl sites for hydroxylation is 1. The number of hydrogen-bond acceptors (Lipinski definition) is 5. The third kappa shape index (κ3) is 6.41. The van der Waals surface area contributed by atoms with E-state index >= 15 is 0 Å². The van der Waals surface area contributed by atoms with Gasteiger partial charge in [0.15, 0.2) is 0 Å². The molecule has 1 saturated heterocycles. The fourth-order valence-corrected chi connectivity index (χ4v) is 5.81. The number of carboxylic acid groups (broad SMARTS) is 1. The van der Waals surface area contributed by atoms with Crippen LogP contribution in [-0.2, 0) is 9.53 Å². The van der Waals surface area contributed by atoms with Gasteiger partial charge in [-0.3, -0.25) is 4.79 Å². The fourth-order valence-electron chi connectivity index (χ4n) is 5.81. The first kappa shape index (κ1) is 28.7. The number of carbonyl (C=O) groups is 1. The summed E-state index contributed by atoms with van der Waals surface area (Å²) in [5, 5.41) is 14.9. The van der Waals surface area contributed by atoms with Gasteiger partial charge in [0.1, 0.15) is 11.6 Å². The molecule has 1 N–H and O–H groups in total. The van der Waals surface area contributed by atoms with Gasteiger partial charge in [-0.05, 0) is 77.1 Å². The minimum atomic E-state index is -0.885. The molecule has 0 spiro atoms. The number of benzene rings is 2. The van der Waals surface area contributed by atoms with E-state index in [0.29, 0.717) is 12.2 Å². The number of hydrogen-bond donors (Lipinski definition) is 1. The second-order valence-electron chi connectivity index (χ2n) is 11.7. The van der Waals surface area contributed by atoms with E-state index < -0.39 is 5.97 Å². The summed E-state index contributed by atoms with van der Waals surface area (Å²) in [6.45, 7) is 14.5. The molecule has 0 saturated carbocycles. The Hall–Kier alpha value is -3.84. The van der Waals surface area contributed by atoms with Crippen LogP contribution < -0.4 is 4.74 Å². The molecule has 3 aromatic rings. The summed E-state index contributed by atoms with van der Waals surface area (Å²) in [5.74, 6) is 0.775. The molecule has 6 bridgehead atoms. The number of para-hydroxylation sites is 1. The van der Waals surface area contributed by atoms with Crippen molar-refractivity contribution in [2.45, 2.75) is 71.5 Å². The number of ether oxygens (including phenoxy) is 2. The Kier molecular flexibility index (Phi) is 8.36. The molecule has 4 heterocycles. The van der Waals surface area contributed by atoms with Crippen LogP contribution >= 0.6 is 0 Å². The van der Waals surface area contributed by atoms with Crippen molar-refractivity contribution in [3.05, 3.63) is 78.0 Å². The number of allylic oxidation sites excluding steroid dienone is 1. The van der Waals surface area contributed by atoms with E-state index in [1.54, 1.807) is 0 Å². The minimum Gasteiger partial charge on any atom is -0.490 e. The number of fused-ring (bicyclic) bond motifs is 7. The molecule has 0 radical (unpaired) electrons. The zero-order valence-corrected chi connectivity index (χ0v) is 24.7. The largest absolute Gasteiger partial charge is 0.490 e. The monoisotopic (exact) mass is 555 g/mol. The summed E-state index contributed by atoms with van der Waals surface area (Å²) in [4.78, 5) is 14.2. The van der Waals surface area contributed by atoms with E-state index in [9.17, 15) is 9.90 Å². The summed E-state index contributed by atoms with van der Waals surface area (Å²) in [6.07, 6.45) is 3.42. The van der Waals surface area contributed by atoms with E-state index in [1.807, 2.05) is 42.8 Å². The van der Waals surface area contributed by atoms with Crippen molar-refractivity contribution in [1.29, 1.82) is 0 Å². The molecule has 7 heteroatoms. The molecule has 3 aliphatic heterocycles. The highest BCUT2D eigenvalue weighted by molar-refractivity contribution is 5.77. The zero-order valence-electron chi connectivity index (χ0n) is 24.7.